The van der Waals surface area contributed by atoms with Crippen LogP contribution in [0.3, 0.4) is 0 Å². The molecule has 8 nitrogen and oxygen atoms in total. The minimum atomic E-state index is -3.14. The number of aromatic amines is 1. The molecule has 1 unspecified atom stereocenters. The maximum absolute atomic E-state index is 14.4. The summed E-state index contributed by atoms with van der Waals surface area (Å²) in [7, 11) is 1.68. The molecule has 0 fully saturated rings. The Morgan fingerprint density at radius 1 is 1.23 bits per heavy atom. The van der Waals surface area contributed by atoms with E-state index in [9.17, 15) is 13.9 Å². The lowest BCUT2D eigenvalue weighted by Crippen LogP contribution is -2.21. The van der Waals surface area contributed by atoms with Gasteiger partial charge in [-0.25, -0.2) is 13.5 Å². The fourth-order valence-corrected chi connectivity index (χ4v) is 3.36. The van der Waals surface area contributed by atoms with E-state index in [1.54, 1.807) is 19.3 Å². The Morgan fingerprint density at radius 3 is 2.77 bits per heavy atom. The number of nitrogens with zero attached hydrogens (tertiary/aromatic N) is 4. The molecule has 0 aliphatic rings. The number of nitrogens with one attached hydrogen (secondary N) is 3. The first-order chi connectivity index (χ1) is 14.8. The highest BCUT2D eigenvalue weighted by atomic mass is 19.3. The number of anilines is 2. The number of alkyl halides is 2. The number of aliphatic hydroxyl groups is 1. The zero-order valence-corrected chi connectivity index (χ0v) is 17.3. The summed E-state index contributed by atoms with van der Waals surface area (Å²) in [5.41, 5.74) is 1.97. The Hall–Kier alpha value is -3.37. The van der Waals surface area contributed by atoms with Crippen molar-refractivity contribution >= 4 is 22.5 Å². The van der Waals surface area contributed by atoms with Gasteiger partial charge in [0.05, 0.1) is 11.7 Å². The molecule has 0 amide bonds. The smallest absolute Gasteiger partial charge is 0.271 e. The Balaban J connectivity index is 1.69. The Morgan fingerprint density at radius 2 is 2.03 bits per heavy atom. The van der Waals surface area contributed by atoms with Crippen molar-refractivity contribution in [2.45, 2.75) is 26.0 Å². The molecular formula is C21H23F2N7O. The van der Waals surface area contributed by atoms with E-state index in [1.807, 2.05) is 25.1 Å². The monoisotopic (exact) mass is 427 g/mol. The van der Waals surface area contributed by atoms with Gasteiger partial charge in [-0.1, -0.05) is 19.1 Å². The number of fused-ring (bicyclic) bond motifs is 1. The van der Waals surface area contributed by atoms with Gasteiger partial charge in [-0.3, -0.25) is 10.4 Å². The molecule has 0 saturated heterocycles. The lowest BCUT2D eigenvalue weighted by Gasteiger charge is -2.18. The summed E-state index contributed by atoms with van der Waals surface area (Å²) in [4.78, 5) is 4.43. The SMILES string of the molecule is CCNC(O)c1ccc(-c2nc(Nc3ccc4[nH]ncc4c3)n(C)n2)c(C(C)(F)F)c1. The van der Waals surface area contributed by atoms with Gasteiger partial charge < -0.3 is 10.4 Å². The third-order valence-electron chi connectivity index (χ3n) is 4.93. The molecular weight excluding hydrogens is 404 g/mol. The number of aromatic nitrogens is 5. The summed E-state index contributed by atoms with van der Waals surface area (Å²) in [6.07, 6.45) is 0.675. The standard InChI is InChI=1S/C21H23F2N7O/c1-4-24-19(31)12-5-7-15(16(10-12)21(2,22)23)18-27-20(30(3)29-18)26-14-6-8-17-13(9-14)11-25-28-17/h5-11,19,24,31H,4H2,1-3H3,(H,25,28)(H,26,27,29). The lowest BCUT2D eigenvalue weighted by molar-refractivity contribution is 0.0177. The van der Waals surface area contributed by atoms with Crippen LogP contribution in [0.25, 0.3) is 22.3 Å². The lowest BCUT2D eigenvalue weighted by atomic mass is 9.98. The second-order valence-electron chi connectivity index (χ2n) is 7.33. The quantitative estimate of drug-likeness (QED) is 0.335. The van der Waals surface area contributed by atoms with Crippen LogP contribution in [0.1, 0.15) is 31.2 Å². The van der Waals surface area contributed by atoms with Crippen LogP contribution in [-0.4, -0.2) is 36.6 Å². The average molecular weight is 427 g/mol. The Kier molecular flexibility index (Phi) is 5.42. The number of hydrogen-bond acceptors (Lipinski definition) is 6. The van der Waals surface area contributed by atoms with Gasteiger partial charge >= 0.3 is 0 Å². The highest BCUT2D eigenvalue weighted by Gasteiger charge is 2.30. The first-order valence-corrected chi connectivity index (χ1v) is 9.81. The van der Waals surface area contributed by atoms with Crippen molar-refractivity contribution < 1.29 is 13.9 Å². The van der Waals surface area contributed by atoms with Crippen molar-refractivity contribution in [1.82, 2.24) is 30.3 Å². The van der Waals surface area contributed by atoms with Gasteiger partial charge in [0.2, 0.25) is 5.95 Å². The molecule has 0 spiro atoms. The molecule has 162 valence electrons. The maximum atomic E-state index is 14.4. The van der Waals surface area contributed by atoms with Crippen LogP contribution in [0.15, 0.2) is 42.6 Å². The van der Waals surface area contributed by atoms with Gasteiger partial charge in [-0.15, -0.1) is 5.10 Å². The third-order valence-corrected chi connectivity index (χ3v) is 4.93. The first-order valence-electron chi connectivity index (χ1n) is 9.81. The zero-order chi connectivity index (χ0) is 22.2. The summed E-state index contributed by atoms with van der Waals surface area (Å²) < 4.78 is 30.3. The number of hydrogen-bond donors (Lipinski definition) is 4. The summed E-state index contributed by atoms with van der Waals surface area (Å²) in [6, 6.07) is 10.0. The molecule has 4 rings (SSSR count). The van der Waals surface area contributed by atoms with Gasteiger partial charge in [-0.2, -0.15) is 10.1 Å². The fourth-order valence-electron chi connectivity index (χ4n) is 3.36. The minimum Gasteiger partial charge on any atom is -0.374 e. The summed E-state index contributed by atoms with van der Waals surface area (Å²) >= 11 is 0. The molecule has 2 aromatic carbocycles. The Bertz CT molecular complexity index is 1210. The third kappa shape index (κ3) is 4.25. The predicted molar refractivity (Wildman–Crippen MR) is 114 cm³/mol. The van der Waals surface area contributed by atoms with E-state index in [0.29, 0.717) is 18.1 Å². The molecule has 2 aromatic heterocycles. The molecule has 0 aliphatic carbocycles. The Labute approximate surface area is 177 Å². The largest absolute Gasteiger partial charge is 0.374 e. The molecule has 0 bridgehead atoms. The average Bonchev–Trinajstić information content (AvgIpc) is 3.33. The van der Waals surface area contributed by atoms with Crippen LogP contribution < -0.4 is 10.6 Å². The van der Waals surface area contributed by atoms with Crippen LogP contribution in [0.2, 0.25) is 0 Å². The minimum absolute atomic E-state index is 0.162. The molecule has 10 heteroatoms. The van der Waals surface area contributed by atoms with E-state index in [-0.39, 0.29) is 17.0 Å². The fraction of sp³-hybridized carbons (Fsp3) is 0.286. The second kappa shape index (κ2) is 8.05. The molecule has 4 aromatic rings. The van der Waals surface area contributed by atoms with E-state index in [0.717, 1.165) is 23.5 Å². The van der Waals surface area contributed by atoms with Crippen molar-refractivity contribution in [3.05, 3.63) is 53.7 Å². The normalized spacial score (nSPS) is 13.0. The van der Waals surface area contributed by atoms with Crippen molar-refractivity contribution in [1.29, 1.82) is 0 Å². The van der Waals surface area contributed by atoms with Gasteiger partial charge in [0, 0.05) is 36.2 Å². The molecule has 2 heterocycles. The van der Waals surface area contributed by atoms with E-state index in [4.69, 9.17) is 0 Å². The van der Waals surface area contributed by atoms with E-state index >= 15 is 0 Å². The van der Waals surface area contributed by atoms with Gasteiger partial charge in [0.1, 0.15) is 6.23 Å². The number of H-pyrrole nitrogens is 1. The summed E-state index contributed by atoms with van der Waals surface area (Å²) in [5, 5.41) is 28.2. The molecule has 4 N–H and O–H groups in total. The van der Waals surface area contributed by atoms with Crippen LogP contribution in [0, 0.1) is 0 Å². The second-order valence-corrected chi connectivity index (χ2v) is 7.33. The molecule has 0 aliphatic heterocycles. The number of aryl methyl sites for hydroxylation is 1. The van der Waals surface area contributed by atoms with Crippen LogP contribution in [-0.2, 0) is 13.0 Å². The van der Waals surface area contributed by atoms with Crippen molar-refractivity contribution in [2.24, 2.45) is 7.05 Å². The molecule has 1 atom stereocenters. The molecule has 31 heavy (non-hydrogen) atoms. The van der Waals surface area contributed by atoms with Crippen molar-refractivity contribution in [3.63, 3.8) is 0 Å². The highest BCUT2D eigenvalue weighted by Crippen LogP contribution is 2.36. The van der Waals surface area contributed by atoms with Crippen molar-refractivity contribution in [2.75, 3.05) is 11.9 Å². The van der Waals surface area contributed by atoms with E-state index < -0.39 is 12.2 Å². The van der Waals surface area contributed by atoms with Gasteiger partial charge in [-0.05, 0) is 36.4 Å². The summed E-state index contributed by atoms with van der Waals surface area (Å²) in [6.45, 7) is 3.14. The number of benzene rings is 2. The van der Waals surface area contributed by atoms with Gasteiger partial charge in [0.15, 0.2) is 5.82 Å². The van der Waals surface area contributed by atoms with E-state index in [1.165, 1.54) is 16.8 Å². The number of halogens is 2. The van der Waals surface area contributed by atoms with Crippen LogP contribution in [0.4, 0.5) is 20.4 Å². The van der Waals surface area contributed by atoms with Crippen LogP contribution in [0.5, 0.6) is 0 Å². The van der Waals surface area contributed by atoms with Crippen molar-refractivity contribution in [3.8, 4) is 11.4 Å². The molecule has 0 saturated carbocycles. The summed E-state index contributed by atoms with van der Waals surface area (Å²) in [5.74, 6) is -2.58. The zero-order valence-electron chi connectivity index (χ0n) is 17.3. The van der Waals surface area contributed by atoms with Gasteiger partial charge in [0.25, 0.3) is 5.92 Å². The first kappa shape index (κ1) is 20.9. The number of aliphatic hydroxyl groups excluding tert-OH is 1. The van der Waals surface area contributed by atoms with Crippen LogP contribution >= 0.6 is 0 Å². The topological polar surface area (TPSA) is 104 Å². The highest BCUT2D eigenvalue weighted by molar-refractivity contribution is 5.82. The van der Waals surface area contributed by atoms with E-state index in [2.05, 4.69) is 30.9 Å². The molecule has 0 radical (unpaired) electrons. The predicted octanol–water partition coefficient (Wildman–Crippen LogP) is 3.81. The number of rotatable bonds is 7. The maximum Gasteiger partial charge on any atom is 0.271 e.